The quantitative estimate of drug-likeness (QED) is 0.171. The van der Waals surface area contributed by atoms with Crippen LogP contribution in [0.25, 0.3) is 85.2 Å². The first-order valence-electron chi connectivity index (χ1n) is 18.0. The molecule has 0 unspecified atom stereocenters. The van der Waals surface area contributed by atoms with Crippen LogP contribution in [0.1, 0.15) is 0 Å². The standard InChI is InChI=1S/C49H30N2OS2/c1-3-11-31(12-4-1)32-21-23-35(24-22-32)51(36-16-9-15-34(29-36)38-18-10-20-42-46(38)39-17-7-8-19-41(39)52-42)37-25-26-40-45(30-37)53-43-27-28-44-48(47(40)43)50-49(54-44)33-13-5-2-6-14-33/h1-30H. The van der Waals surface area contributed by atoms with Crippen LogP contribution in [0, 0.1) is 0 Å². The molecule has 54 heavy (non-hydrogen) atoms. The Balaban J connectivity index is 1.07. The topological polar surface area (TPSA) is 29.3 Å². The summed E-state index contributed by atoms with van der Waals surface area (Å²) in [5.74, 6) is 0. The van der Waals surface area contributed by atoms with Gasteiger partial charge in [-0.15, -0.1) is 22.7 Å². The third kappa shape index (κ3) is 5.12. The average molecular weight is 727 g/mol. The normalized spacial score (nSPS) is 11.7. The highest BCUT2D eigenvalue weighted by molar-refractivity contribution is 7.26. The van der Waals surface area contributed by atoms with E-state index < -0.39 is 0 Å². The van der Waals surface area contributed by atoms with E-state index >= 15 is 0 Å². The maximum Gasteiger partial charge on any atom is 0.136 e. The van der Waals surface area contributed by atoms with Gasteiger partial charge in [0.25, 0.3) is 0 Å². The molecule has 254 valence electrons. The minimum atomic E-state index is 0.896. The monoisotopic (exact) mass is 726 g/mol. The smallest absolute Gasteiger partial charge is 0.136 e. The molecule has 5 heteroatoms. The van der Waals surface area contributed by atoms with E-state index in [-0.39, 0.29) is 0 Å². The zero-order valence-electron chi connectivity index (χ0n) is 28.9. The first-order chi connectivity index (χ1) is 26.7. The zero-order chi connectivity index (χ0) is 35.6. The molecule has 0 saturated carbocycles. The van der Waals surface area contributed by atoms with Crippen molar-refractivity contribution in [2.75, 3.05) is 4.90 Å². The van der Waals surface area contributed by atoms with Crippen molar-refractivity contribution >= 4 is 92.1 Å². The van der Waals surface area contributed by atoms with E-state index in [0.717, 1.165) is 66.2 Å². The third-order valence-corrected chi connectivity index (χ3v) is 12.5. The third-order valence-electron chi connectivity index (χ3n) is 10.3. The van der Waals surface area contributed by atoms with E-state index in [1.165, 1.54) is 36.0 Å². The van der Waals surface area contributed by atoms with Crippen LogP contribution in [0.3, 0.4) is 0 Å². The fourth-order valence-electron chi connectivity index (χ4n) is 7.79. The van der Waals surface area contributed by atoms with Gasteiger partial charge in [0.05, 0.1) is 10.2 Å². The highest BCUT2D eigenvalue weighted by atomic mass is 32.1. The van der Waals surface area contributed by atoms with Crippen molar-refractivity contribution in [1.29, 1.82) is 0 Å². The second kappa shape index (κ2) is 12.6. The van der Waals surface area contributed by atoms with Gasteiger partial charge in [-0.1, -0.05) is 121 Å². The van der Waals surface area contributed by atoms with Crippen molar-refractivity contribution in [3.8, 4) is 32.8 Å². The number of para-hydroxylation sites is 1. The van der Waals surface area contributed by atoms with Gasteiger partial charge in [0.15, 0.2) is 0 Å². The molecular weight excluding hydrogens is 697 g/mol. The Kier molecular flexibility index (Phi) is 7.22. The highest BCUT2D eigenvalue weighted by Gasteiger charge is 2.19. The lowest BCUT2D eigenvalue weighted by atomic mass is 9.98. The first-order valence-corrected chi connectivity index (χ1v) is 19.7. The van der Waals surface area contributed by atoms with E-state index in [1.807, 2.05) is 23.5 Å². The molecule has 0 aliphatic heterocycles. The van der Waals surface area contributed by atoms with E-state index in [4.69, 9.17) is 9.40 Å². The van der Waals surface area contributed by atoms with Crippen LogP contribution < -0.4 is 4.90 Å². The number of anilines is 3. The number of rotatable bonds is 6. The second-order valence-electron chi connectivity index (χ2n) is 13.5. The van der Waals surface area contributed by atoms with E-state index in [9.17, 15) is 0 Å². The summed E-state index contributed by atoms with van der Waals surface area (Å²) in [5, 5.41) is 5.79. The summed E-state index contributed by atoms with van der Waals surface area (Å²) in [5.41, 5.74) is 12.0. The minimum Gasteiger partial charge on any atom is -0.456 e. The van der Waals surface area contributed by atoms with Crippen LogP contribution >= 0.6 is 22.7 Å². The molecule has 11 rings (SSSR count). The highest BCUT2D eigenvalue weighted by Crippen LogP contribution is 2.45. The number of thiazole rings is 1. The Morgan fingerprint density at radius 2 is 1.07 bits per heavy atom. The van der Waals surface area contributed by atoms with Crippen molar-refractivity contribution in [2.24, 2.45) is 0 Å². The van der Waals surface area contributed by atoms with Gasteiger partial charge in [-0.3, -0.25) is 0 Å². The van der Waals surface area contributed by atoms with Crippen molar-refractivity contribution in [3.05, 3.63) is 182 Å². The van der Waals surface area contributed by atoms with Crippen LogP contribution in [-0.2, 0) is 0 Å². The molecule has 3 aromatic heterocycles. The van der Waals surface area contributed by atoms with Crippen molar-refractivity contribution in [1.82, 2.24) is 4.98 Å². The SMILES string of the molecule is c1ccc(-c2ccc(N(c3cccc(-c4cccc5oc6ccccc6c45)c3)c3ccc4c(c3)sc3ccc5sc(-c6ccccc6)nc5c34)cc2)cc1. The maximum atomic E-state index is 6.28. The molecule has 0 aliphatic rings. The molecule has 0 N–H and O–H groups in total. The Bertz CT molecular complexity index is 3160. The van der Waals surface area contributed by atoms with Crippen LogP contribution in [0.5, 0.6) is 0 Å². The van der Waals surface area contributed by atoms with Crippen LogP contribution in [-0.4, -0.2) is 4.98 Å². The number of hydrogen-bond donors (Lipinski definition) is 0. The second-order valence-corrected chi connectivity index (χ2v) is 15.6. The summed E-state index contributed by atoms with van der Waals surface area (Å²) in [6.45, 7) is 0. The van der Waals surface area contributed by atoms with Gasteiger partial charge in [0.1, 0.15) is 16.2 Å². The van der Waals surface area contributed by atoms with Gasteiger partial charge in [-0.25, -0.2) is 4.98 Å². The average Bonchev–Trinajstić information content (AvgIpc) is 3.95. The number of nitrogens with zero attached hydrogens (tertiary/aromatic N) is 2. The van der Waals surface area contributed by atoms with E-state index in [0.29, 0.717) is 0 Å². The van der Waals surface area contributed by atoms with Gasteiger partial charge >= 0.3 is 0 Å². The summed E-state index contributed by atoms with van der Waals surface area (Å²) in [7, 11) is 0. The molecule has 3 nitrogen and oxygen atoms in total. The number of furan rings is 1. The van der Waals surface area contributed by atoms with Gasteiger partial charge in [0.2, 0.25) is 0 Å². The Morgan fingerprint density at radius 1 is 0.407 bits per heavy atom. The molecule has 0 fully saturated rings. The van der Waals surface area contributed by atoms with E-state index in [2.05, 4.69) is 175 Å². The van der Waals surface area contributed by atoms with Gasteiger partial charge < -0.3 is 9.32 Å². The molecule has 0 atom stereocenters. The number of benzene rings is 8. The first kappa shape index (κ1) is 31.0. The zero-order valence-corrected chi connectivity index (χ0v) is 30.6. The lowest BCUT2D eigenvalue weighted by Gasteiger charge is -2.26. The van der Waals surface area contributed by atoms with Gasteiger partial charge in [-0.2, -0.15) is 0 Å². The Morgan fingerprint density at radius 3 is 1.93 bits per heavy atom. The molecule has 0 saturated heterocycles. The molecule has 11 aromatic rings. The minimum absolute atomic E-state index is 0.896. The number of hydrogen-bond acceptors (Lipinski definition) is 5. The predicted octanol–water partition coefficient (Wildman–Crippen LogP) is 15.0. The van der Waals surface area contributed by atoms with Crippen LogP contribution in [0.15, 0.2) is 186 Å². The number of fused-ring (bicyclic) bond motifs is 8. The maximum absolute atomic E-state index is 6.28. The fourth-order valence-corrected chi connectivity index (χ4v) is 9.91. The molecule has 0 spiro atoms. The largest absolute Gasteiger partial charge is 0.456 e. The Hall–Kier alpha value is -6.53. The Labute approximate surface area is 319 Å². The lowest BCUT2D eigenvalue weighted by molar-refractivity contribution is 0.669. The fraction of sp³-hybridized carbons (Fsp3) is 0. The van der Waals surface area contributed by atoms with Crippen LogP contribution in [0.4, 0.5) is 17.1 Å². The molecular formula is C49H30N2OS2. The van der Waals surface area contributed by atoms with Gasteiger partial charge in [-0.05, 0) is 82.9 Å². The van der Waals surface area contributed by atoms with Crippen molar-refractivity contribution < 1.29 is 4.42 Å². The van der Waals surface area contributed by atoms with Gasteiger partial charge in [0, 0.05) is 53.6 Å². The molecule has 0 radical (unpaired) electrons. The predicted molar refractivity (Wildman–Crippen MR) is 231 cm³/mol. The molecule has 3 heterocycles. The van der Waals surface area contributed by atoms with Crippen molar-refractivity contribution in [2.45, 2.75) is 0 Å². The van der Waals surface area contributed by atoms with Crippen molar-refractivity contribution in [3.63, 3.8) is 0 Å². The van der Waals surface area contributed by atoms with Crippen LogP contribution in [0.2, 0.25) is 0 Å². The summed E-state index contributed by atoms with van der Waals surface area (Å²) in [4.78, 5) is 7.58. The number of thiophene rings is 1. The molecule has 0 amide bonds. The summed E-state index contributed by atoms with van der Waals surface area (Å²) in [6, 6.07) is 64.9. The molecule has 0 aliphatic carbocycles. The lowest BCUT2D eigenvalue weighted by Crippen LogP contribution is -2.10. The number of aromatic nitrogens is 1. The summed E-state index contributed by atoms with van der Waals surface area (Å²) < 4.78 is 9.98. The summed E-state index contributed by atoms with van der Waals surface area (Å²) in [6.07, 6.45) is 0. The van der Waals surface area contributed by atoms with E-state index in [1.54, 1.807) is 11.3 Å². The summed E-state index contributed by atoms with van der Waals surface area (Å²) >= 11 is 3.59. The molecule has 8 aromatic carbocycles. The molecule has 0 bridgehead atoms.